The summed E-state index contributed by atoms with van der Waals surface area (Å²) in [5, 5.41) is 0.583. The van der Waals surface area contributed by atoms with Gasteiger partial charge in [0.05, 0.1) is 12.2 Å². The quantitative estimate of drug-likeness (QED) is 0.629. The molecule has 0 radical (unpaired) electrons. The van der Waals surface area contributed by atoms with Gasteiger partial charge in [0, 0.05) is 11.6 Å². The Labute approximate surface area is 105 Å². The number of thiocarbonyl (C=S) groups is 1. The third kappa shape index (κ3) is 3.96. The van der Waals surface area contributed by atoms with Gasteiger partial charge >= 0.3 is 0 Å². The monoisotopic (exact) mass is 259 g/mol. The maximum atomic E-state index is 5.85. The van der Waals surface area contributed by atoms with Crippen molar-refractivity contribution >= 4 is 28.8 Å². The van der Waals surface area contributed by atoms with Crippen molar-refractivity contribution < 1.29 is 9.47 Å². The Balaban J connectivity index is 2.67. The van der Waals surface area contributed by atoms with Crippen molar-refractivity contribution in [3.05, 3.63) is 28.8 Å². The van der Waals surface area contributed by atoms with Gasteiger partial charge in [-0.05, 0) is 25.1 Å². The van der Waals surface area contributed by atoms with Crippen LogP contribution in [0.3, 0.4) is 0 Å². The number of hydrogen-bond acceptors (Lipinski definition) is 3. The second kappa shape index (κ2) is 6.68. The van der Waals surface area contributed by atoms with Gasteiger partial charge in [-0.1, -0.05) is 23.8 Å². The maximum absolute atomic E-state index is 5.85. The van der Waals surface area contributed by atoms with Crippen LogP contribution in [-0.2, 0) is 4.74 Å². The van der Waals surface area contributed by atoms with E-state index in [1.54, 1.807) is 18.2 Å². The van der Waals surface area contributed by atoms with E-state index < -0.39 is 0 Å². The highest BCUT2D eigenvalue weighted by Gasteiger charge is 2.07. The van der Waals surface area contributed by atoms with Crippen molar-refractivity contribution in [1.82, 2.24) is 0 Å². The van der Waals surface area contributed by atoms with Crippen molar-refractivity contribution in [2.75, 3.05) is 19.8 Å². The normalized spacial score (nSPS) is 10.1. The van der Waals surface area contributed by atoms with Gasteiger partial charge in [0.1, 0.15) is 17.3 Å². The smallest absolute Gasteiger partial charge is 0.129 e. The highest BCUT2D eigenvalue weighted by Crippen LogP contribution is 2.22. The van der Waals surface area contributed by atoms with Crippen LogP contribution in [0.15, 0.2) is 18.2 Å². The van der Waals surface area contributed by atoms with Crippen LogP contribution in [0.5, 0.6) is 5.75 Å². The van der Waals surface area contributed by atoms with E-state index >= 15 is 0 Å². The molecule has 2 N–H and O–H groups in total. The molecular formula is C11H14ClNO2S. The first-order chi connectivity index (χ1) is 7.65. The lowest BCUT2D eigenvalue weighted by atomic mass is 10.2. The molecule has 5 heteroatoms. The summed E-state index contributed by atoms with van der Waals surface area (Å²) in [6.07, 6.45) is 0. The highest BCUT2D eigenvalue weighted by atomic mass is 35.5. The first-order valence-electron chi connectivity index (χ1n) is 4.95. The SMILES string of the molecule is CCOCCOc1ccc(Cl)cc1C(N)=S. The molecule has 0 unspecified atom stereocenters. The van der Waals surface area contributed by atoms with E-state index in [9.17, 15) is 0 Å². The zero-order valence-corrected chi connectivity index (χ0v) is 10.6. The van der Waals surface area contributed by atoms with E-state index in [1.165, 1.54) is 0 Å². The van der Waals surface area contributed by atoms with Crippen LogP contribution >= 0.6 is 23.8 Å². The Morgan fingerprint density at radius 2 is 2.19 bits per heavy atom. The van der Waals surface area contributed by atoms with Crippen molar-refractivity contribution in [2.45, 2.75) is 6.92 Å². The van der Waals surface area contributed by atoms with Crippen LogP contribution in [0.2, 0.25) is 5.02 Å². The van der Waals surface area contributed by atoms with E-state index in [-0.39, 0.29) is 4.99 Å². The Kier molecular flexibility index (Phi) is 5.52. The van der Waals surface area contributed by atoms with Crippen LogP contribution in [-0.4, -0.2) is 24.8 Å². The summed E-state index contributed by atoms with van der Waals surface area (Å²) in [5.41, 5.74) is 6.23. The average molecular weight is 260 g/mol. The Morgan fingerprint density at radius 3 is 2.81 bits per heavy atom. The fourth-order valence-electron chi connectivity index (χ4n) is 1.18. The first-order valence-corrected chi connectivity index (χ1v) is 5.73. The second-order valence-electron chi connectivity index (χ2n) is 3.05. The summed E-state index contributed by atoms with van der Waals surface area (Å²) >= 11 is 10.8. The van der Waals surface area contributed by atoms with Crippen molar-refractivity contribution in [1.29, 1.82) is 0 Å². The van der Waals surface area contributed by atoms with Crippen LogP contribution < -0.4 is 10.5 Å². The fourth-order valence-corrected chi connectivity index (χ4v) is 1.51. The Morgan fingerprint density at radius 1 is 1.44 bits per heavy atom. The van der Waals surface area contributed by atoms with E-state index in [0.29, 0.717) is 36.2 Å². The van der Waals surface area contributed by atoms with Crippen LogP contribution in [0, 0.1) is 0 Å². The average Bonchev–Trinajstić information content (AvgIpc) is 2.26. The summed E-state index contributed by atoms with van der Waals surface area (Å²) in [6.45, 7) is 3.61. The zero-order chi connectivity index (χ0) is 12.0. The summed E-state index contributed by atoms with van der Waals surface area (Å²) in [6, 6.07) is 5.18. The number of benzene rings is 1. The molecule has 0 fully saturated rings. The molecule has 0 atom stereocenters. The molecule has 0 saturated carbocycles. The van der Waals surface area contributed by atoms with E-state index in [0.717, 1.165) is 0 Å². The molecule has 0 aliphatic carbocycles. The van der Waals surface area contributed by atoms with Crippen molar-refractivity contribution in [3.8, 4) is 5.75 Å². The van der Waals surface area contributed by atoms with Gasteiger partial charge in [-0.25, -0.2) is 0 Å². The standard InChI is InChI=1S/C11H14ClNO2S/c1-2-14-5-6-15-10-4-3-8(12)7-9(10)11(13)16/h3-4,7H,2,5-6H2,1H3,(H2,13,16). The van der Waals surface area contributed by atoms with Gasteiger partial charge in [-0.15, -0.1) is 0 Å². The molecule has 1 aromatic rings. The van der Waals surface area contributed by atoms with Gasteiger partial charge in [0.15, 0.2) is 0 Å². The number of halogens is 1. The molecule has 1 aromatic carbocycles. The largest absolute Gasteiger partial charge is 0.490 e. The Hall–Kier alpha value is -0.840. The van der Waals surface area contributed by atoms with Gasteiger partial charge in [-0.3, -0.25) is 0 Å². The molecule has 1 rings (SSSR count). The number of nitrogens with two attached hydrogens (primary N) is 1. The molecule has 0 heterocycles. The highest BCUT2D eigenvalue weighted by molar-refractivity contribution is 7.80. The van der Waals surface area contributed by atoms with Crippen molar-refractivity contribution in [3.63, 3.8) is 0 Å². The number of rotatable bonds is 6. The van der Waals surface area contributed by atoms with Gasteiger partial charge in [0.2, 0.25) is 0 Å². The summed E-state index contributed by atoms with van der Waals surface area (Å²) < 4.78 is 10.7. The zero-order valence-electron chi connectivity index (χ0n) is 9.03. The van der Waals surface area contributed by atoms with Gasteiger partial charge in [-0.2, -0.15) is 0 Å². The molecule has 3 nitrogen and oxygen atoms in total. The lowest BCUT2D eigenvalue weighted by Crippen LogP contribution is -2.13. The molecular weight excluding hydrogens is 246 g/mol. The molecule has 0 aliphatic rings. The maximum Gasteiger partial charge on any atom is 0.129 e. The van der Waals surface area contributed by atoms with Crippen LogP contribution in [0.1, 0.15) is 12.5 Å². The molecule has 0 amide bonds. The van der Waals surface area contributed by atoms with Crippen LogP contribution in [0.4, 0.5) is 0 Å². The third-order valence-electron chi connectivity index (χ3n) is 1.90. The minimum absolute atomic E-state index is 0.272. The summed E-state index contributed by atoms with van der Waals surface area (Å²) in [4.78, 5) is 0.272. The van der Waals surface area contributed by atoms with Crippen molar-refractivity contribution in [2.24, 2.45) is 5.73 Å². The topological polar surface area (TPSA) is 44.5 Å². The molecule has 16 heavy (non-hydrogen) atoms. The molecule has 0 bridgehead atoms. The first kappa shape index (κ1) is 13.2. The predicted molar refractivity (Wildman–Crippen MR) is 69.3 cm³/mol. The third-order valence-corrected chi connectivity index (χ3v) is 2.35. The molecule has 0 saturated heterocycles. The van der Waals surface area contributed by atoms with E-state index in [1.807, 2.05) is 6.92 Å². The second-order valence-corrected chi connectivity index (χ2v) is 3.93. The van der Waals surface area contributed by atoms with Gasteiger partial charge < -0.3 is 15.2 Å². The molecule has 0 aromatic heterocycles. The number of ether oxygens (including phenoxy) is 2. The molecule has 88 valence electrons. The van der Waals surface area contributed by atoms with Gasteiger partial charge in [0.25, 0.3) is 0 Å². The lowest BCUT2D eigenvalue weighted by molar-refractivity contribution is 0.110. The van der Waals surface area contributed by atoms with Crippen LogP contribution in [0.25, 0.3) is 0 Å². The summed E-state index contributed by atoms with van der Waals surface area (Å²) in [5.74, 6) is 0.636. The Bertz CT molecular complexity index is 371. The van der Waals surface area contributed by atoms with E-state index in [4.69, 9.17) is 39.0 Å². The molecule has 0 spiro atoms. The lowest BCUT2D eigenvalue weighted by Gasteiger charge is -2.10. The minimum atomic E-state index is 0.272. The van der Waals surface area contributed by atoms with E-state index in [2.05, 4.69) is 0 Å². The fraction of sp³-hybridized carbons (Fsp3) is 0.364. The minimum Gasteiger partial charge on any atom is -0.490 e. The summed E-state index contributed by atoms with van der Waals surface area (Å²) in [7, 11) is 0. The predicted octanol–water partition coefficient (Wildman–Crippen LogP) is 2.39. The number of hydrogen-bond donors (Lipinski definition) is 1. The molecule has 0 aliphatic heterocycles.